The van der Waals surface area contributed by atoms with E-state index in [9.17, 15) is 9.59 Å². The third-order valence-electron chi connectivity index (χ3n) is 1.92. The predicted molar refractivity (Wildman–Crippen MR) is 54.3 cm³/mol. The van der Waals surface area contributed by atoms with E-state index in [2.05, 4.69) is 6.58 Å². The molecule has 15 heavy (non-hydrogen) atoms. The first kappa shape index (κ1) is 11.0. The molecule has 0 heterocycles. The van der Waals surface area contributed by atoms with Crippen molar-refractivity contribution in [3.05, 3.63) is 47.5 Å². The van der Waals surface area contributed by atoms with Gasteiger partial charge in [-0.3, -0.25) is 0 Å². The van der Waals surface area contributed by atoms with Gasteiger partial charge in [0, 0.05) is 0 Å². The van der Waals surface area contributed by atoms with E-state index in [0.717, 1.165) is 5.56 Å². The van der Waals surface area contributed by atoms with Crippen molar-refractivity contribution in [3.63, 3.8) is 0 Å². The molecule has 78 valence electrons. The van der Waals surface area contributed by atoms with Crippen molar-refractivity contribution in [2.75, 3.05) is 0 Å². The average Bonchev–Trinajstić information content (AvgIpc) is 2.17. The molecule has 0 aromatic heterocycles. The molecule has 1 rings (SSSR count). The van der Waals surface area contributed by atoms with Gasteiger partial charge in [0.25, 0.3) is 0 Å². The number of hydrogen-bond donors (Lipinski definition) is 2. The number of rotatable bonds is 4. The molecule has 0 aliphatic rings. The minimum atomic E-state index is -1.24. The molecule has 0 aliphatic carbocycles. The van der Waals surface area contributed by atoms with Gasteiger partial charge in [0.1, 0.15) is 0 Å². The van der Waals surface area contributed by atoms with Crippen LogP contribution in [0.15, 0.2) is 30.9 Å². The van der Waals surface area contributed by atoms with Crippen molar-refractivity contribution in [2.24, 2.45) is 0 Å². The molecule has 0 atom stereocenters. The normalized spacial score (nSPS) is 9.60. The second-order valence-corrected chi connectivity index (χ2v) is 2.98. The molecule has 0 aliphatic heterocycles. The van der Waals surface area contributed by atoms with Crippen LogP contribution in [0.1, 0.15) is 26.3 Å². The Morgan fingerprint density at radius 3 is 2.27 bits per heavy atom. The lowest BCUT2D eigenvalue weighted by Crippen LogP contribution is -2.08. The summed E-state index contributed by atoms with van der Waals surface area (Å²) >= 11 is 0. The van der Waals surface area contributed by atoms with Crippen LogP contribution in [0.3, 0.4) is 0 Å². The Bertz CT molecular complexity index is 421. The third-order valence-corrected chi connectivity index (χ3v) is 1.92. The van der Waals surface area contributed by atoms with Gasteiger partial charge in [-0.15, -0.1) is 6.58 Å². The van der Waals surface area contributed by atoms with Crippen molar-refractivity contribution >= 4 is 11.9 Å². The molecule has 2 N–H and O–H groups in total. The summed E-state index contributed by atoms with van der Waals surface area (Å²) < 4.78 is 0. The zero-order valence-corrected chi connectivity index (χ0v) is 7.93. The molecule has 0 fully saturated rings. The van der Waals surface area contributed by atoms with Crippen molar-refractivity contribution in [1.29, 1.82) is 0 Å². The van der Waals surface area contributed by atoms with E-state index in [1.165, 1.54) is 12.1 Å². The summed E-state index contributed by atoms with van der Waals surface area (Å²) in [4.78, 5) is 21.5. The Morgan fingerprint density at radius 1 is 1.20 bits per heavy atom. The number of allylic oxidation sites excluding steroid dienone is 1. The monoisotopic (exact) mass is 206 g/mol. The van der Waals surface area contributed by atoms with E-state index in [4.69, 9.17) is 10.2 Å². The lowest BCUT2D eigenvalue weighted by atomic mass is 10.0. The van der Waals surface area contributed by atoms with Crippen LogP contribution in [0.2, 0.25) is 0 Å². The fourth-order valence-corrected chi connectivity index (χ4v) is 1.25. The zero-order valence-electron chi connectivity index (χ0n) is 7.93. The molecule has 4 nitrogen and oxygen atoms in total. The van der Waals surface area contributed by atoms with Gasteiger partial charge in [0.05, 0.1) is 11.1 Å². The average molecular weight is 206 g/mol. The summed E-state index contributed by atoms with van der Waals surface area (Å²) in [5.74, 6) is -2.48. The highest BCUT2D eigenvalue weighted by Gasteiger charge is 2.15. The molecular weight excluding hydrogens is 196 g/mol. The van der Waals surface area contributed by atoms with Crippen LogP contribution in [0.5, 0.6) is 0 Å². The van der Waals surface area contributed by atoms with Crippen molar-refractivity contribution < 1.29 is 19.8 Å². The quantitative estimate of drug-likeness (QED) is 0.737. The molecule has 4 heteroatoms. The highest BCUT2D eigenvalue weighted by molar-refractivity contribution is 6.01. The highest BCUT2D eigenvalue weighted by Crippen LogP contribution is 2.13. The van der Waals surface area contributed by atoms with Gasteiger partial charge in [0.2, 0.25) is 0 Å². The molecule has 0 saturated carbocycles. The molecule has 0 spiro atoms. The Morgan fingerprint density at radius 2 is 1.80 bits per heavy atom. The minimum Gasteiger partial charge on any atom is -0.478 e. The van der Waals surface area contributed by atoms with Gasteiger partial charge in [-0.05, 0) is 24.1 Å². The first-order chi connectivity index (χ1) is 7.06. The van der Waals surface area contributed by atoms with Crippen molar-refractivity contribution in [3.8, 4) is 0 Å². The largest absolute Gasteiger partial charge is 0.478 e. The second kappa shape index (κ2) is 4.41. The number of carbonyl (C=O) groups is 2. The molecule has 1 aromatic carbocycles. The van der Waals surface area contributed by atoms with E-state index >= 15 is 0 Å². The second-order valence-electron chi connectivity index (χ2n) is 2.98. The van der Waals surface area contributed by atoms with Crippen LogP contribution < -0.4 is 0 Å². The minimum absolute atomic E-state index is 0.193. The summed E-state index contributed by atoms with van der Waals surface area (Å²) in [6.07, 6.45) is 2.14. The molecule has 0 unspecified atom stereocenters. The Labute approximate surface area is 86.5 Å². The van der Waals surface area contributed by atoms with Crippen molar-refractivity contribution in [2.45, 2.75) is 6.42 Å². The first-order valence-electron chi connectivity index (χ1n) is 4.26. The smallest absolute Gasteiger partial charge is 0.336 e. The third kappa shape index (κ3) is 2.43. The van der Waals surface area contributed by atoms with E-state index in [1.54, 1.807) is 12.1 Å². The number of carboxylic acid groups (broad SMARTS) is 2. The fraction of sp³-hybridized carbons (Fsp3) is 0.0909. The summed E-state index contributed by atoms with van der Waals surface area (Å²) in [6.45, 7) is 3.52. The molecular formula is C11H10O4. The van der Waals surface area contributed by atoms with Gasteiger partial charge in [-0.25, -0.2) is 9.59 Å². The highest BCUT2D eigenvalue weighted by atomic mass is 16.4. The number of benzene rings is 1. The van der Waals surface area contributed by atoms with Gasteiger partial charge in [-0.1, -0.05) is 12.1 Å². The fourth-order valence-electron chi connectivity index (χ4n) is 1.25. The first-order valence-corrected chi connectivity index (χ1v) is 4.26. The van der Waals surface area contributed by atoms with Gasteiger partial charge >= 0.3 is 11.9 Å². The molecule has 0 saturated heterocycles. The SMILES string of the molecule is C=CCc1ccc(C(=O)O)c(C(=O)O)c1. The van der Waals surface area contributed by atoms with Gasteiger partial charge < -0.3 is 10.2 Å². The number of carboxylic acids is 2. The topological polar surface area (TPSA) is 74.6 Å². The predicted octanol–water partition coefficient (Wildman–Crippen LogP) is 1.81. The van der Waals surface area contributed by atoms with Crippen LogP contribution >= 0.6 is 0 Å². The van der Waals surface area contributed by atoms with E-state index in [-0.39, 0.29) is 11.1 Å². The number of hydrogen-bond acceptors (Lipinski definition) is 2. The van der Waals surface area contributed by atoms with Crippen LogP contribution in [0, 0.1) is 0 Å². The van der Waals surface area contributed by atoms with Gasteiger partial charge in [-0.2, -0.15) is 0 Å². The van der Waals surface area contributed by atoms with E-state index in [0.29, 0.717) is 6.42 Å². The van der Waals surface area contributed by atoms with Crippen molar-refractivity contribution in [1.82, 2.24) is 0 Å². The summed E-state index contributed by atoms with van der Waals surface area (Å²) in [6, 6.07) is 4.23. The zero-order chi connectivity index (χ0) is 11.4. The van der Waals surface area contributed by atoms with E-state index < -0.39 is 11.9 Å². The Balaban J connectivity index is 3.26. The van der Waals surface area contributed by atoms with Crippen LogP contribution in [0.25, 0.3) is 0 Å². The standard InChI is InChI=1S/C11H10O4/c1-2-3-7-4-5-8(10(12)13)9(6-7)11(14)15/h2,4-6H,1,3H2,(H,12,13)(H,14,15). The summed E-state index contributed by atoms with van der Waals surface area (Å²) in [5.41, 5.74) is 0.338. The van der Waals surface area contributed by atoms with Crippen LogP contribution in [-0.4, -0.2) is 22.2 Å². The maximum Gasteiger partial charge on any atom is 0.336 e. The molecule has 0 radical (unpaired) electrons. The van der Waals surface area contributed by atoms with Crippen LogP contribution in [0.4, 0.5) is 0 Å². The summed E-state index contributed by atoms with van der Waals surface area (Å²) in [5, 5.41) is 17.6. The maximum atomic E-state index is 10.8. The molecule has 1 aromatic rings. The van der Waals surface area contributed by atoms with E-state index in [1.807, 2.05) is 0 Å². The molecule has 0 bridgehead atoms. The Hall–Kier alpha value is -2.10. The summed E-state index contributed by atoms with van der Waals surface area (Å²) in [7, 11) is 0. The number of aromatic carboxylic acids is 2. The van der Waals surface area contributed by atoms with Gasteiger partial charge in [0.15, 0.2) is 0 Å². The maximum absolute atomic E-state index is 10.8. The lowest BCUT2D eigenvalue weighted by Gasteiger charge is -2.03. The lowest BCUT2D eigenvalue weighted by molar-refractivity contribution is 0.0651. The van der Waals surface area contributed by atoms with Crippen LogP contribution in [-0.2, 0) is 6.42 Å². The Kier molecular flexibility index (Phi) is 3.23. The molecule has 0 amide bonds.